The topological polar surface area (TPSA) is 155 Å². The van der Waals surface area contributed by atoms with Gasteiger partial charge in [-0.2, -0.15) is 0 Å². The number of allylic oxidation sites excluding steroid dienone is 2. The Balaban J connectivity index is 1.66. The van der Waals surface area contributed by atoms with Gasteiger partial charge in [-0.3, -0.25) is 15.2 Å². The minimum Gasteiger partial charge on any atom is -0.477 e. The second kappa shape index (κ2) is 16.4. The molecule has 2 heterocycles. The molecular formula is C31H42N4O8. The highest BCUT2D eigenvalue weighted by Gasteiger charge is 2.38. The molecule has 1 atom stereocenters. The smallest absolute Gasteiger partial charge is 0.336 e. The maximum atomic E-state index is 13.5. The van der Waals surface area contributed by atoms with E-state index >= 15 is 0 Å². The van der Waals surface area contributed by atoms with Crippen molar-refractivity contribution < 1.29 is 33.5 Å². The fourth-order valence-corrected chi connectivity index (χ4v) is 4.72. The molecule has 0 fully saturated rings. The largest absolute Gasteiger partial charge is 0.477 e. The Morgan fingerprint density at radius 3 is 2.19 bits per heavy atom. The monoisotopic (exact) mass is 598 g/mol. The van der Waals surface area contributed by atoms with Crippen LogP contribution >= 0.6 is 0 Å². The zero-order valence-electron chi connectivity index (χ0n) is 25.6. The molecule has 1 aliphatic rings. The van der Waals surface area contributed by atoms with Gasteiger partial charge in [0, 0.05) is 41.9 Å². The Morgan fingerprint density at radius 1 is 0.930 bits per heavy atom. The highest BCUT2D eigenvalue weighted by Crippen LogP contribution is 2.40. The number of H-pyrrole nitrogens is 1. The van der Waals surface area contributed by atoms with E-state index in [9.17, 15) is 19.7 Å². The number of nitrogens with one attached hydrogen (secondary N) is 2. The van der Waals surface area contributed by atoms with Crippen molar-refractivity contribution in [3.8, 4) is 5.88 Å². The number of non-ortho nitro benzene ring substituents is 1. The first-order chi connectivity index (χ1) is 20.6. The molecule has 12 nitrogen and oxygen atoms in total. The average molecular weight is 599 g/mol. The summed E-state index contributed by atoms with van der Waals surface area (Å²) < 4.78 is 22.3. The molecule has 0 amide bonds. The van der Waals surface area contributed by atoms with Gasteiger partial charge in [-0.15, -0.1) is 5.10 Å². The van der Waals surface area contributed by atoms with E-state index in [1.807, 2.05) is 26.8 Å². The Labute approximate surface area is 252 Å². The van der Waals surface area contributed by atoms with Crippen LogP contribution in [0.2, 0.25) is 0 Å². The summed E-state index contributed by atoms with van der Waals surface area (Å²) in [6.45, 7) is 10.9. The van der Waals surface area contributed by atoms with Gasteiger partial charge in [-0.05, 0) is 57.9 Å². The molecule has 0 saturated carbocycles. The van der Waals surface area contributed by atoms with Crippen molar-refractivity contribution in [2.24, 2.45) is 5.92 Å². The predicted octanol–water partition coefficient (Wildman–Crippen LogP) is 5.26. The van der Waals surface area contributed by atoms with Gasteiger partial charge in [-0.1, -0.05) is 26.0 Å². The normalized spacial score (nSPS) is 15.0. The van der Waals surface area contributed by atoms with Crippen LogP contribution < -0.4 is 10.1 Å². The molecular weight excluding hydrogens is 556 g/mol. The average Bonchev–Trinajstić information content (AvgIpc) is 3.38. The highest BCUT2D eigenvalue weighted by atomic mass is 16.6. The molecule has 234 valence electrons. The van der Waals surface area contributed by atoms with E-state index < -0.39 is 22.8 Å². The molecule has 1 aliphatic heterocycles. The number of nitro groups is 1. The minimum absolute atomic E-state index is 0.0266. The van der Waals surface area contributed by atoms with Crippen molar-refractivity contribution >= 4 is 17.6 Å². The number of aromatic nitrogens is 2. The standard InChI is InChI=1S/C31H42N4O8/c1-20(2)19-40-15-16-43-31(37)28-23(5)32-22(4)27(29(28)24-11-10-12-25(18-24)35(38)39)30(36)42-14-9-7-6-8-13-41-26-17-21(3)33-34-26/h10-12,17-18,20,29,32H,6-9,13-16,19H2,1-5H3,(H,33,34). The molecule has 0 saturated heterocycles. The molecule has 0 bridgehead atoms. The number of hydrogen-bond acceptors (Lipinski definition) is 10. The quantitative estimate of drug-likeness (QED) is 0.107. The number of aryl methyl sites for hydroxylation is 1. The van der Waals surface area contributed by atoms with E-state index in [1.165, 1.54) is 18.2 Å². The molecule has 0 radical (unpaired) electrons. The lowest BCUT2D eigenvalue weighted by atomic mass is 9.80. The molecule has 2 aromatic rings. The summed E-state index contributed by atoms with van der Waals surface area (Å²) in [4.78, 5) is 37.9. The van der Waals surface area contributed by atoms with Crippen LogP contribution in [0.1, 0.15) is 70.6 Å². The first-order valence-electron chi connectivity index (χ1n) is 14.6. The number of ether oxygens (including phenoxy) is 4. The molecule has 1 aromatic heterocycles. The molecule has 1 aromatic carbocycles. The number of nitrogens with zero attached hydrogens (tertiary/aromatic N) is 2. The van der Waals surface area contributed by atoms with Crippen molar-refractivity contribution in [2.75, 3.05) is 33.0 Å². The number of carbonyl (C=O) groups excluding carboxylic acids is 2. The molecule has 1 unspecified atom stereocenters. The van der Waals surface area contributed by atoms with Crippen molar-refractivity contribution in [1.29, 1.82) is 0 Å². The van der Waals surface area contributed by atoms with E-state index in [4.69, 9.17) is 18.9 Å². The molecule has 12 heteroatoms. The van der Waals surface area contributed by atoms with E-state index in [1.54, 1.807) is 19.9 Å². The fourth-order valence-electron chi connectivity index (χ4n) is 4.72. The van der Waals surface area contributed by atoms with Crippen molar-refractivity contribution in [3.63, 3.8) is 0 Å². The summed E-state index contributed by atoms with van der Waals surface area (Å²) in [5.74, 6) is -1.24. The van der Waals surface area contributed by atoms with Gasteiger partial charge in [0.15, 0.2) is 0 Å². The van der Waals surface area contributed by atoms with Gasteiger partial charge in [-0.25, -0.2) is 9.59 Å². The molecule has 0 aliphatic carbocycles. The SMILES string of the molecule is CC1=C(C(=O)OCCCCCCOc2cc(C)[nH]n2)C(c2cccc([N+](=O)[O-])c2)C(C(=O)OCCOCC(C)C)=C(C)N1. The summed E-state index contributed by atoms with van der Waals surface area (Å²) in [7, 11) is 0. The first kappa shape index (κ1) is 33.3. The number of carbonyl (C=O) groups is 2. The number of dihydropyridines is 1. The molecule has 0 spiro atoms. The van der Waals surface area contributed by atoms with Gasteiger partial charge < -0.3 is 24.3 Å². The molecule has 43 heavy (non-hydrogen) atoms. The first-order valence-corrected chi connectivity index (χ1v) is 14.6. The van der Waals surface area contributed by atoms with Crippen LogP contribution in [0.15, 0.2) is 52.9 Å². The van der Waals surface area contributed by atoms with Gasteiger partial charge >= 0.3 is 11.9 Å². The maximum Gasteiger partial charge on any atom is 0.336 e. The lowest BCUT2D eigenvalue weighted by Gasteiger charge is -2.30. The van der Waals surface area contributed by atoms with Crippen LogP contribution in [0, 0.1) is 23.0 Å². The van der Waals surface area contributed by atoms with E-state index in [-0.39, 0.29) is 36.7 Å². The number of unbranched alkanes of at least 4 members (excludes halogenated alkanes) is 3. The Morgan fingerprint density at radius 2 is 1.58 bits per heavy atom. The number of rotatable bonds is 17. The maximum absolute atomic E-state index is 13.5. The lowest BCUT2D eigenvalue weighted by Crippen LogP contribution is -2.33. The third-order valence-corrected chi connectivity index (χ3v) is 6.73. The van der Waals surface area contributed by atoms with Gasteiger partial charge in [0.1, 0.15) is 6.61 Å². The zero-order valence-corrected chi connectivity index (χ0v) is 25.6. The van der Waals surface area contributed by atoms with Crippen LogP contribution in [0.5, 0.6) is 5.88 Å². The fraction of sp³-hybridized carbons (Fsp3) is 0.516. The van der Waals surface area contributed by atoms with Crippen LogP contribution in [0.4, 0.5) is 5.69 Å². The molecule has 2 N–H and O–H groups in total. The van der Waals surface area contributed by atoms with Crippen LogP contribution in [-0.4, -0.2) is 60.1 Å². The highest BCUT2D eigenvalue weighted by molar-refractivity contribution is 6.00. The summed E-state index contributed by atoms with van der Waals surface area (Å²) in [6.07, 6.45) is 3.20. The van der Waals surface area contributed by atoms with E-state index in [0.717, 1.165) is 25.0 Å². The number of nitro benzene ring substituents is 1. The third-order valence-electron chi connectivity index (χ3n) is 6.73. The second-order valence-corrected chi connectivity index (χ2v) is 10.9. The Bertz CT molecular complexity index is 1330. The molecule has 3 rings (SSSR count). The summed E-state index contributed by atoms with van der Waals surface area (Å²) in [6, 6.07) is 7.75. The second-order valence-electron chi connectivity index (χ2n) is 10.9. The van der Waals surface area contributed by atoms with Crippen molar-refractivity contribution in [2.45, 2.75) is 66.2 Å². The van der Waals surface area contributed by atoms with Gasteiger partial charge in [0.2, 0.25) is 5.88 Å². The number of aromatic amines is 1. The van der Waals surface area contributed by atoms with Crippen LogP contribution in [0.3, 0.4) is 0 Å². The Hall–Kier alpha value is -4.19. The van der Waals surface area contributed by atoms with E-state index in [2.05, 4.69) is 15.5 Å². The minimum atomic E-state index is -0.916. The zero-order chi connectivity index (χ0) is 31.4. The summed E-state index contributed by atoms with van der Waals surface area (Å²) in [5.41, 5.74) is 2.58. The third kappa shape index (κ3) is 9.95. The van der Waals surface area contributed by atoms with Crippen molar-refractivity contribution in [1.82, 2.24) is 15.5 Å². The summed E-state index contributed by atoms with van der Waals surface area (Å²) >= 11 is 0. The van der Waals surface area contributed by atoms with Crippen LogP contribution in [0.25, 0.3) is 0 Å². The van der Waals surface area contributed by atoms with Crippen LogP contribution in [-0.2, 0) is 23.8 Å². The van der Waals surface area contributed by atoms with Gasteiger partial charge in [0.25, 0.3) is 5.69 Å². The van der Waals surface area contributed by atoms with Crippen molar-refractivity contribution in [3.05, 3.63) is 74.2 Å². The number of hydrogen-bond donors (Lipinski definition) is 2. The number of esters is 2. The number of benzene rings is 1. The predicted molar refractivity (Wildman–Crippen MR) is 159 cm³/mol. The summed E-state index contributed by atoms with van der Waals surface area (Å²) in [5, 5.41) is 21.5. The lowest BCUT2D eigenvalue weighted by molar-refractivity contribution is -0.384. The van der Waals surface area contributed by atoms with E-state index in [0.29, 0.717) is 48.4 Å². The Kier molecular flexibility index (Phi) is 12.7. The van der Waals surface area contributed by atoms with Gasteiger partial charge in [0.05, 0.1) is 41.8 Å².